The molecule has 0 radical (unpaired) electrons. The van der Waals surface area contributed by atoms with Crippen LogP contribution < -0.4 is 9.47 Å². The largest absolute Gasteiger partial charge is 0.493 e. The first-order valence-electron chi connectivity index (χ1n) is 8.53. The monoisotopic (exact) mass is 378 g/mol. The van der Waals surface area contributed by atoms with Crippen LogP contribution in [0.4, 0.5) is 0 Å². The van der Waals surface area contributed by atoms with Crippen molar-refractivity contribution in [1.82, 2.24) is 4.90 Å². The number of benzene rings is 1. The van der Waals surface area contributed by atoms with Gasteiger partial charge in [0.05, 0.1) is 31.5 Å². The maximum absolute atomic E-state index is 12.5. The highest BCUT2D eigenvalue weighted by molar-refractivity contribution is 6.32. The van der Waals surface area contributed by atoms with Crippen LogP contribution in [0.2, 0.25) is 5.02 Å². The fourth-order valence-corrected chi connectivity index (χ4v) is 2.73. The molecule has 1 aliphatic heterocycles. The topological polar surface area (TPSA) is 71.8 Å². The van der Waals surface area contributed by atoms with Gasteiger partial charge in [0.1, 0.15) is 11.6 Å². The summed E-state index contributed by atoms with van der Waals surface area (Å²) in [6, 6.07) is 5.33. The molecule has 0 aromatic heterocycles. The number of carbonyl (C=O) groups is 1. The summed E-state index contributed by atoms with van der Waals surface area (Å²) in [4.78, 5) is 14.1. The molecule has 1 atom stereocenters. The van der Waals surface area contributed by atoms with Crippen LogP contribution in [-0.2, 0) is 9.53 Å². The normalized spacial score (nSPS) is 16.0. The number of ether oxygens (including phenoxy) is 3. The number of carbonyl (C=O) groups excluding carboxylic acids is 1. The van der Waals surface area contributed by atoms with Gasteiger partial charge in [-0.1, -0.05) is 18.5 Å². The van der Waals surface area contributed by atoms with E-state index in [0.29, 0.717) is 48.4 Å². The first-order chi connectivity index (χ1) is 12.5. The van der Waals surface area contributed by atoms with Crippen molar-refractivity contribution in [2.75, 3.05) is 33.4 Å². The zero-order chi connectivity index (χ0) is 19.1. The summed E-state index contributed by atoms with van der Waals surface area (Å²) in [6.07, 6.45) is 2.33. The molecule has 0 saturated carbocycles. The van der Waals surface area contributed by atoms with Crippen molar-refractivity contribution >= 4 is 23.6 Å². The molecule has 7 heteroatoms. The van der Waals surface area contributed by atoms with Gasteiger partial charge in [-0.05, 0) is 37.1 Å². The van der Waals surface area contributed by atoms with E-state index in [1.54, 1.807) is 17.0 Å². The van der Waals surface area contributed by atoms with E-state index in [-0.39, 0.29) is 17.6 Å². The van der Waals surface area contributed by atoms with Crippen LogP contribution in [0, 0.1) is 11.3 Å². The van der Waals surface area contributed by atoms with Crippen LogP contribution in [0.25, 0.3) is 6.08 Å². The molecule has 1 saturated heterocycles. The zero-order valence-corrected chi connectivity index (χ0v) is 16.0. The van der Waals surface area contributed by atoms with Crippen molar-refractivity contribution in [2.45, 2.75) is 26.4 Å². The van der Waals surface area contributed by atoms with Gasteiger partial charge in [0.2, 0.25) is 0 Å². The van der Waals surface area contributed by atoms with Crippen molar-refractivity contribution in [3.63, 3.8) is 0 Å². The van der Waals surface area contributed by atoms with Gasteiger partial charge in [-0.2, -0.15) is 5.26 Å². The lowest BCUT2D eigenvalue weighted by Crippen LogP contribution is -2.41. The number of hydrogen-bond donors (Lipinski definition) is 0. The van der Waals surface area contributed by atoms with Crippen LogP contribution in [-0.4, -0.2) is 50.3 Å². The number of rotatable bonds is 6. The van der Waals surface area contributed by atoms with Gasteiger partial charge < -0.3 is 19.1 Å². The molecule has 1 aliphatic rings. The first-order valence-corrected chi connectivity index (χ1v) is 8.91. The average Bonchev–Trinajstić information content (AvgIpc) is 2.67. The summed E-state index contributed by atoms with van der Waals surface area (Å²) in [5, 5.41) is 9.77. The third-order valence-corrected chi connectivity index (χ3v) is 4.39. The highest BCUT2D eigenvalue weighted by Gasteiger charge is 2.21. The molecule has 1 aromatic rings. The van der Waals surface area contributed by atoms with Gasteiger partial charge in [0, 0.05) is 13.1 Å². The molecule has 0 unspecified atom stereocenters. The molecule has 26 heavy (non-hydrogen) atoms. The Balaban J connectivity index is 2.31. The quantitative estimate of drug-likeness (QED) is 0.561. The summed E-state index contributed by atoms with van der Waals surface area (Å²) in [5.74, 6) is 0.602. The number of methoxy groups -OCH3 is 1. The number of morpholine rings is 1. The zero-order valence-electron chi connectivity index (χ0n) is 15.3. The highest BCUT2D eigenvalue weighted by atomic mass is 35.5. The standard InChI is InChI=1S/C19H23ClN2O4/c1-4-13(2)26-18-16(20)10-14(11-17(18)24-3)9-15(12-21)19(23)22-5-7-25-8-6-22/h9-11,13H,4-8H2,1-3H3/b15-9-/t13-/m0/s1. The molecule has 140 valence electrons. The summed E-state index contributed by atoms with van der Waals surface area (Å²) >= 11 is 6.34. The smallest absolute Gasteiger partial charge is 0.264 e. The lowest BCUT2D eigenvalue weighted by molar-refractivity contribution is -0.130. The molecule has 6 nitrogen and oxygen atoms in total. The summed E-state index contributed by atoms with van der Waals surface area (Å²) in [6.45, 7) is 5.86. The van der Waals surface area contributed by atoms with Gasteiger partial charge in [0.15, 0.2) is 11.5 Å². The minimum Gasteiger partial charge on any atom is -0.493 e. The summed E-state index contributed by atoms with van der Waals surface area (Å²) < 4.78 is 16.4. The van der Waals surface area contributed by atoms with Crippen LogP contribution >= 0.6 is 11.6 Å². The van der Waals surface area contributed by atoms with Gasteiger partial charge >= 0.3 is 0 Å². The van der Waals surface area contributed by atoms with Crippen LogP contribution in [0.1, 0.15) is 25.8 Å². The molecular weight excluding hydrogens is 356 g/mol. The lowest BCUT2D eigenvalue weighted by atomic mass is 10.1. The Morgan fingerprint density at radius 3 is 2.73 bits per heavy atom. The van der Waals surface area contributed by atoms with E-state index in [1.165, 1.54) is 13.2 Å². The minimum absolute atomic E-state index is 0.0136. The van der Waals surface area contributed by atoms with E-state index in [2.05, 4.69) is 0 Å². The number of nitriles is 1. The Morgan fingerprint density at radius 1 is 1.46 bits per heavy atom. The van der Waals surface area contributed by atoms with Crippen molar-refractivity contribution in [2.24, 2.45) is 0 Å². The molecule has 0 aliphatic carbocycles. The SMILES string of the molecule is CC[C@H](C)Oc1c(Cl)cc(/C=C(/C#N)C(=O)N2CCOCC2)cc1OC. The Morgan fingerprint density at radius 2 is 2.15 bits per heavy atom. The predicted octanol–water partition coefficient (Wildman–Crippen LogP) is 3.29. The van der Waals surface area contributed by atoms with Gasteiger partial charge in [-0.3, -0.25) is 4.79 Å². The Bertz CT molecular complexity index is 721. The van der Waals surface area contributed by atoms with E-state index in [9.17, 15) is 10.1 Å². The van der Waals surface area contributed by atoms with Crippen LogP contribution in [0.5, 0.6) is 11.5 Å². The van der Waals surface area contributed by atoms with Gasteiger partial charge in [-0.15, -0.1) is 0 Å². The molecule has 1 heterocycles. The van der Waals surface area contributed by atoms with Gasteiger partial charge in [-0.25, -0.2) is 0 Å². The molecule has 1 amide bonds. The molecular formula is C19H23ClN2O4. The summed E-state index contributed by atoms with van der Waals surface area (Å²) in [7, 11) is 1.52. The Kier molecular flexibility index (Phi) is 7.31. The minimum atomic E-state index is -0.314. The van der Waals surface area contributed by atoms with E-state index < -0.39 is 0 Å². The van der Waals surface area contributed by atoms with Gasteiger partial charge in [0.25, 0.3) is 5.91 Å². The van der Waals surface area contributed by atoms with E-state index >= 15 is 0 Å². The van der Waals surface area contributed by atoms with Crippen LogP contribution in [0.15, 0.2) is 17.7 Å². The van der Waals surface area contributed by atoms with Crippen molar-refractivity contribution in [3.8, 4) is 17.6 Å². The first kappa shape index (κ1) is 20.1. The second kappa shape index (κ2) is 9.46. The molecule has 0 spiro atoms. The van der Waals surface area contributed by atoms with E-state index in [4.69, 9.17) is 25.8 Å². The molecule has 0 bridgehead atoms. The Labute approximate surface area is 158 Å². The predicted molar refractivity (Wildman–Crippen MR) is 99.4 cm³/mol. The maximum Gasteiger partial charge on any atom is 0.264 e. The lowest BCUT2D eigenvalue weighted by Gasteiger charge is -2.26. The summed E-state index contributed by atoms with van der Waals surface area (Å²) in [5.41, 5.74) is 0.641. The highest BCUT2D eigenvalue weighted by Crippen LogP contribution is 2.38. The molecule has 1 fully saturated rings. The van der Waals surface area contributed by atoms with Crippen molar-refractivity contribution < 1.29 is 19.0 Å². The molecule has 1 aromatic carbocycles. The molecule has 0 N–H and O–H groups in total. The third-order valence-electron chi connectivity index (χ3n) is 4.11. The number of nitrogens with zero attached hydrogens (tertiary/aromatic N) is 2. The van der Waals surface area contributed by atoms with Crippen molar-refractivity contribution in [1.29, 1.82) is 5.26 Å². The fraction of sp³-hybridized carbons (Fsp3) is 0.474. The Hall–Kier alpha value is -2.23. The fourth-order valence-electron chi connectivity index (χ4n) is 2.47. The van der Waals surface area contributed by atoms with Crippen molar-refractivity contribution in [3.05, 3.63) is 28.3 Å². The van der Waals surface area contributed by atoms with E-state index in [0.717, 1.165) is 6.42 Å². The third kappa shape index (κ3) is 4.90. The average molecular weight is 379 g/mol. The number of halogens is 1. The molecule has 2 rings (SSSR count). The maximum atomic E-state index is 12.5. The second-order valence-corrected chi connectivity index (χ2v) is 6.35. The van der Waals surface area contributed by atoms with E-state index in [1.807, 2.05) is 19.9 Å². The number of hydrogen-bond acceptors (Lipinski definition) is 5. The second-order valence-electron chi connectivity index (χ2n) is 5.95. The number of amides is 1. The van der Waals surface area contributed by atoms with Crippen LogP contribution in [0.3, 0.4) is 0 Å².